The van der Waals surface area contributed by atoms with E-state index in [0.29, 0.717) is 31.7 Å². The van der Waals surface area contributed by atoms with Gasteiger partial charge in [-0.25, -0.2) is 0 Å². The standard InChI is InChI=1S/C13H24O3/c1-3-5-9-12(14)10-7-6-8-11-13(15)16-4-2/h3-11H2,1-2H3. The van der Waals surface area contributed by atoms with Crippen molar-refractivity contribution < 1.29 is 14.3 Å². The minimum absolute atomic E-state index is 0.125. The van der Waals surface area contributed by atoms with Crippen LogP contribution in [0, 0.1) is 0 Å². The normalized spacial score (nSPS) is 10.1. The van der Waals surface area contributed by atoms with Gasteiger partial charge in [0, 0.05) is 19.3 Å². The van der Waals surface area contributed by atoms with Gasteiger partial charge in [0.2, 0.25) is 0 Å². The van der Waals surface area contributed by atoms with Gasteiger partial charge in [0.25, 0.3) is 0 Å². The summed E-state index contributed by atoms with van der Waals surface area (Å²) in [7, 11) is 0. The molecule has 0 saturated carbocycles. The number of Topliss-reactive ketones (excluding diaryl/α,β-unsaturated/α-hetero) is 1. The minimum atomic E-state index is -0.125. The molecule has 0 aromatic carbocycles. The van der Waals surface area contributed by atoms with Crippen LogP contribution in [0.4, 0.5) is 0 Å². The number of carbonyl (C=O) groups excluding carboxylic acids is 2. The van der Waals surface area contributed by atoms with Gasteiger partial charge in [0.05, 0.1) is 6.61 Å². The van der Waals surface area contributed by atoms with E-state index in [1.54, 1.807) is 0 Å². The SMILES string of the molecule is CCCCC(=O)CCCCCC(=O)OCC. The van der Waals surface area contributed by atoms with E-state index in [2.05, 4.69) is 6.92 Å². The molecule has 0 aliphatic rings. The van der Waals surface area contributed by atoms with Gasteiger partial charge in [-0.15, -0.1) is 0 Å². The van der Waals surface area contributed by atoms with E-state index < -0.39 is 0 Å². The third-order valence-corrected chi connectivity index (χ3v) is 2.45. The van der Waals surface area contributed by atoms with Crippen molar-refractivity contribution in [3.63, 3.8) is 0 Å². The molecule has 0 heterocycles. The van der Waals surface area contributed by atoms with Gasteiger partial charge < -0.3 is 4.74 Å². The average molecular weight is 228 g/mol. The Labute approximate surface area is 98.6 Å². The summed E-state index contributed by atoms with van der Waals surface area (Å²) in [4.78, 5) is 22.3. The van der Waals surface area contributed by atoms with E-state index in [-0.39, 0.29) is 5.97 Å². The summed E-state index contributed by atoms with van der Waals surface area (Å²) in [6.45, 7) is 4.35. The second kappa shape index (κ2) is 10.7. The fraction of sp³-hybridized carbons (Fsp3) is 0.846. The van der Waals surface area contributed by atoms with Crippen LogP contribution >= 0.6 is 0 Å². The third kappa shape index (κ3) is 9.69. The molecule has 0 unspecified atom stereocenters. The van der Waals surface area contributed by atoms with Gasteiger partial charge in [0.15, 0.2) is 0 Å². The lowest BCUT2D eigenvalue weighted by atomic mass is 10.1. The third-order valence-electron chi connectivity index (χ3n) is 2.45. The summed E-state index contributed by atoms with van der Waals surface area (Å²) in [6, 6.07) is 0. The summed E-state index contributed by atoms with van der Waals surface area (Å²) in [5.41, 5.74) is 0. The van der Waals surface area contributed by atoms with Crippen molar-refractivity contribution in [2.24, 2.45) is 0 Å². The molecule has 16 heavy (non-hydrogen) atoms. The largest absolute Gasteiger partial charge is 0.466 e. The van der Waals surface area contributed by atoms with Gasteiger partial charge in [-0.1, -0.05) is 19.8 Å². The Bertz CT molecular complexity index is 199. The predicted octanol–water partition coefficient (Wildman–Crippen LogP) is 3.26. The van der Waals surface area contributed by atoms with Crippen LogP contribution in [0.2, 0.25) is 0 Å². The highest BCUT2D eigenvalue weighted by atomic mass is 16.5. The second-order valence-corrected chi connectivity index (χ2v) is 4.01. The molecule has 0 N–H and O–H groups in total. The first-order valence-electron chi connectivity index (χ1n) is 6.38. The minimum Gasteiger partial charge on any atom is -0.466 e. The van der Waals surface area contributed by atoms with Crippen LogP contribution in [0.15, 0.2) is 0 Å². The van der Waals surface area contributed by atoms with Crippen molar-refractivity contribution in [3.05, 3.63) is 0 Å². The van der Waals surface area contributed by atoms with Gasteiger partial charge in [-0.3, -0.25) is 9.59 Å². The molecule has 0 fully saturated rings. The molecule has 94 valence electrons. The number of rotatable bonds is 10. The molecule has 0 amide bonds. The van der Waals surface area contributed by atoms with Gasteiger partial charge in [-0.2, -0.15) is 0 Å². The first kappa shape index (κ1) is 15.1. The fourth-order valence-corrected chi connectivity index (χ4v) is 1.50. The summed E-state index contributed by atoms with van der Waals surface area (Å²) in [5.74, 6) is 0.234. The Morgan fingerprint density at radius 2 is 1.50 bits per heavy atom. The van der Waals surface area contributed by atoms with Crippen LogP contribution in [0.1, 0.15) is 65.2 Å². The molecular formula is C13H24O3. The smallest absolute Gasteiger partial charge is 0.305 e. The van der Waals surface area contributed by atoms with Gasteiger partial charge in [0.1, 0.15) is 5.78 Å². The van der Waals surface area contributed by atoms with Crippen LogP contribution in [0.3, 0.4) is 0 Å². The number of ether oxygens (including phenoxy) is 1. The molecule has 0 aliphatic carbocycles. The van der Waals surface area contributed by atoms with Gasteiger partial charge in [-0.05, 0) is 26.2 Å². The maximum absolute atomic E-state index is 11.3. The molecule has 0 aliphatic heterocycles. The molecule has 3 nitrogen and oxygen atoms in total. The Morgan fingerprint density at radius 3 is 2.12 bits per heavy atom. The zero-order valence-electron chi connectivity index (χ0n) is 10.6. The zero-order chi connectivity index (χ0) is 12.2. The Morgan fingerprint density at radius 1 is 0.875 bits per heavy atom. The van der Waals surface area contributed by atoms with E-state index in [0.717, 1.165) is 32.1 Å². The molecular weight excluding hydrogens is 204 g/mol. The molecule has 0 aromatic heterocycles. The lowest BCUT2D eigenvalue weighted by Gasteiger charge is -2.02. The number of esters is 1. The van der Waals surface area contributed by atoms with Crippen molar-refractivity contribution in [2.75, 3.05) is 6.61 Å². The van der Waals surface area contributed by atoms with E-state index >= 15 is 0 Å². The molecule has 0 rings (SSSR count). The van der Waals surface area contributed by atoms with Crippen molar-refractivity contribution >= 4 is 11.8 Å². The number of hydrogen-bond acceptors (Lipinski definition) is 3. The van der Waals surface area contributed by atoms with Crippen LogP contribution in [0.25, 0.3) is 0 Å². The quantitative estimate of drug-likeness (QED) is 0.426. The topological polar surface area (TPSA) is 43.4 Å². The van der Waals surface area contributed by atoms with Crippen LogP contribution in [-0.4, -0.2) is 18.4 Å². The molecule has 0 aromatic rings. The predicted molar refractivity (Wildman–Crippen MR) is 64.3 cm³/mol. The fourth-order valence-electron chi connectivity index (χ4n) is 1.50. The van der Waals surface area contributed by atoms with E-state index in [9.17, 15) is 9.59 Å². The lowest BCUT2D eigenvalue weighted by molar-refractivity contribution is -0.143. The maximum Gasteiger partial charge on any atom is 0.305 e. The highest BCUT2D eigenvalue weighted by molar-refractivity contribution is 5.78. The van der Waals surface area contributed by atoms with Crippen LogP contribution in [0.5, 0.6) is 0 Å². The molecule has 0 spiro atoms. The number of ketones is 1. The highest BCUT2D eigenvalue weighted by Gasteiger charge is 2.03. The van der Waals surface area contributed by atoms with Crippen LogP contribution < -0.4 is 0 Å². The van der Waals surface area contributed by atoms with Gasteiger partial charge >= 0.3 is 5.97 Å². The van der Waals surface area contributed by atoms with Crippen LogP contribution in [-0.2, 0) is 14.3 Å². The molecule has 3 heteroatoms. The van der Waals surface area contributed by atoms with Crippen molar-refractivity contribution in [2.45, 2.75) is 65.2 Å². The van der Waals surface area contributed by atoms with E-state index in [1.165, 1.54) is 0 Å². The van der Waals surface area contributed by atoms with E-state index in [1.807, 2.05) is 6.92 Å². The van der Waals surface area contributed by atoms with Crippen molar-refractivity contribution in [1.82, 2.24) is 0 Å². The number of hydrogen-bond donors (Lipinski definition) is 0. The lowest BCUT2D eigenvalue weighted by Crippen LogP contribution is -2.03. The zero-order valence-corrected chi connectivity index (χ0v) is 10.6. The molecule has 0 bridgehead atoms. The second-order valence-electron chi connectivity index (χ2n) is 4.01. The summed E-state index contributed by atoms with van der Waals surface area (Å²) < 4.78 is 4.82. The van der Waals surface area contributed by atoms with Crippen molar-refractivity contribution in [3.8, 4) is 0 Å². The molecule has 0 atom stereocenters. The summed E-state index contributed by atoms with van der Waals surface area (Å²) in [5, 5.41) is 0. The number of unbranched alkanes of at least 4 members (excludes halogenated alkanes) is 3. The summed E-state index contributed by atoms with van der Waals surface area (Å²) in [6.07, 6.45) is 6.63. The number of carbonyl (C=O) groups is 2. The maximum atomic E-state index is 11.3. The Hall–Kier alpha value is -0.860. The van der Waals surface area contributed by atoms with E-state index in [4.69, 9.17) is 4.74 Å². The first-order chi connectivity index (χ1) is 7.70. The van der Waals surface area contributed by atoms with Crippen molar-refractivity contribution in [1.29, 1.82) is 0 Å². The average Bonchev–Trinajstić information content (AvgIpc) is 2.26. The first-order valence-corrected chi connectivity index (χ1v) is 6.38. The highest BCUT2D eigenvalue weighted by Crippen LogP contribution is 2.07. The Balaban J connectivity index is 3.26. The molecule has 0 radical (unpaired) electrons. The summed E-state index contributed by atoms with van der Waals surface area (Å²) >= 11 is 0. The molecule has 0 saturated heterocycles. The monoisotopic (exact) mass is 228 g/mol. The Kier molecular flexibility index (Phi) is 10.1.